The summed E-state index contributed by atoms with van der Waals surface area (Å²) in [5.41, 5.74) is 3.19. The molecule has 1 N–H and O–H groups in total. The molecule has 5 atom stereocenters. The molecule has 3 aromatic rings. The number of hydrogen-bond acceptors (Lipinski definition) is 5. The van der Waals surface area contributed by atoms with E-state index in [0.29, 0.717) is 26.4 Å². The number of carbonyl (C=O) groups is 1. The van der Waals surface area contributed by atoms with Crippen LogP contribution in [0.4, 0.5) is 0 Å². The number of amides is 1. The number of hydrogen-bond donors (Lipinski definition) is 1. The van der Waals surface area contributed by atoms with Crippen LogP contribution in [0.1, 0.15) is 82.9 Å². The molecule has 0 aliphatic carbocycles. The standard InChI is InChI=1S/C29H32NO5.3C4H9.Sn/c1-22(31)30-26-20-33-27(21-32-17-23-11-5-2-6-12-23)29(35-19-25-15-9-4-10-16-25)28(26)34-18-24-13-7-3-8-14-24;3*1-3-4-2;/h2-16,20,26-29H,17-19,21H2,1H3,(H,30,31);3*1,3-4H2,2H3;/t26-,27+,28+,29+;;;;/m0..../s1/i/hD. The molecule has 0 saturated carbocycles. The second-order valence-electron chi connectivity index (χ2n) is 13.4. The molecule has 1 aliphatic rings. The molecular weight excluding hydrogens is 705 g/mol. The fourth-order valence-electron chi connectivity index (χ4n) is 7.10. The SMILES string of the molecule is [2H]N(C(C)=O)[C@@H]1[C@@H](OCc2ccccc2)[C@H](OCc2ccccc2)[C@@H](COCc2ccccc2)O[C@H]1[Sn]([CH2]CCC)([CH2]CCC)[CH2]CCC. The van der Waals surface area contributed by atoms with Crippen LogP contribution in [0.15, 0.2) is 91.0 Å². The van der Waals surface area contributed by atoms with Gasteiger partial charge >= 0.3 is 297 Å². The molecule has 7 heteroatoms. The van der Waals surface area contributed by atoms with Gasteiger partial charge in [-0.05, 0) is 0 Å². The van der Waals surface area contributed by atoms with E-state index < -0.39 is 42.7 Å². The Balaban J connectivity index is 1.81. The maximum atomic E-state index is 13.3. The summed E-state index contributed by atoms with van der Waals surface area (Å²) in [6.45, 7) is 9.80. The summed E-state index contributed by atoms with van der Waals surface area (Å²) in [7, 11) is 0. The molecule has 0 aromatic heterocycles. The zero-order chi connectivity index (χ0) is 34.9. The molecule has 1 aliphatic heterocycles. The van der Waals surface area contributed by atoms with Crippen molar-refractivity contribution in [3.8, 4) is 0 Å². The van der Waals surface area contributed by atoms with Gasteiger partial charge in [0.15, 0.2) is 0 Å². The Kier molecular flexibility index (Phi) is 16.3. The van der Waals surface area contributed by atoms with Crippen molar-refractivity contribution in [2.24, 2.45) is 0 Å². The van der Waals surface area contributed by atoms with Crippen LogP contribution in [-0.4, -0.2) is 59.4 Å². The van der Waals surface area contributed by atoms with Crippen LogP contribution in [0.2, 0.25) is 14.7 Å². The molecule has 6 nitrogen and oxygen atoms in total. The third-order valence-electron chi connectivity index (χ3n) is 9.64. The molecule has 48 heavy (non-hydrogen) atoms. The van der Waals surface area contributed by atoms with Gasteiger partial charge in [-0.15, -0.1) is 0 Å². The Bertz CT molecular complexity index is 1310. The second-order valence-corrected chi connectivity index (χ2v) is 27.1. The third-order valence-corrected chi connectivity index (χ3v) is 26.0. The summed E-state index contributed by atoms with van der Waals surface area (Å²) in [6.07, 6.45) is 5.24. The summed E-state index contributed by atoms with van der Waals surface area (Å²) in [5, 5.41) is 1.19. The van der Waals surface area contributed by atoms with Crippen molar-refractivity contribution in [2.45, 2.75) is 128 Å². The molecule has 0 unspecified atom stereocenters. The number of carbonyl (C=O) groups excluding carboxylic acids is 1. The number of benzene rings is 3. The van der Waals surface area contributed by atoms with Crippen LogP contribution < -0.4 is 5.31 Å². The molecule has 0 spiro atoms. The first-order valence-corrected chi connectivity index (χ1v) is 26.0. The first-order valence-electron chi connectivity index (χ1n) is 18.7. The van der Waals surface area contributed by atoms with Crippen molar-refractivity contribution < 1.29 is 25.2 Å². The third kappa shape index (κ3) is 11.7. The monoisotopic (exact) mass is 766 g/mol. The van der Waals surface area contributed by atoms with E-state index in [4.69, 9.17) is 18.9 Å². The van der Waals surface area contributed by atoms with Crippen molar-refractivity contribution in [2.75, 3.05) is 6.61 Å². The summed E-state index contributed by atoms with van der Waals surface area (Å²) < 4.78 is 40.3. The first-order chi connectivity index (χ1) is 23.9. The van der Waals surface area contributed by atoms with Gasteiger partial charge in [-0.3, -0.25) is 0 Å². The van der Waals surface area contributed by atoms with Crippen LogP contribution in [-0.2, 0) is 43.6 Å². The molecule has 1 amide bonds. The fourth-order valence-corrected chi connectivity index (χ4v) is 24.9. The van der Waals surface area contributed by atoms with Gasteiger partial charge in [0.25, 0.3) is 0 Å². The molecule has 4 rings (SSSR count). The van der Waals surface area contributed by atoms with Gasteiger partial charge in [0, 0.05) is 0 Å². The van der Waals surface area contributed by atoms with Gasteiger partial charge in [-0.25, -0.2) is 0 Å². The molecule has 1 fully saturated rings. The summed E-state index contributed by atoms with van der Waals surface area (Å²) in [4.78, 5) is 13.3. The van der Waals surface area contributed by atoms with Crippen molar-refractivity contribution in [1.29, 1.82) is 0 Å². The first kappa shape index (κ1) is 37.0. The fraction of sp³-hybridized carbons (Fsp3) is 0.537. The molecule has 1 heterocycles. The molecule has 0 radical (unpaired) electrons. The Morgan fingerprint density at radius 3 is 1.58 bits per heavy atom. The zero-order valence-electron chi connectivity index (χ0n) is 30.7. The predicted octanol–water partition coefficient (Wildman–Crippen LogP) is 9.03. The normalized spacial score (nSPS) is 21.5. The summed E-state index contributed by atoms with van der Waals surface area (Å²) in [6, 6.07) is 29.9. The number of rotatable bonds is 21. The second kappa shape index (κ2) is 21.1. The Hall–Kier alpha value is -2.23. The molecule has 0 bridgehead atoms. The van der Waals surface area contributed by atoms with Gasteiger partial charge in [-0.2, -0.15) is 0 Å². The van der Waals surface area contributed by atoms with Gasteiger partial charge in [0.1, 0.15) is 0 Å². The predicted molar refractivity (Wildman–Crippen MR) is 197 cm³/mol. The molecule has 1 saturated heterocycles. The summed E-state index contributed by atoms with van der Waals surface area (Å²) >= 11 is -3.31. The van der Waals surface area contributed by atoms with E-state index >= 15 is 0 Å². The summed E-state index contributed by atoms with van der Waals surface area (Å²) in [5.74, 6) is -0.297. The van der Waals surface area contributed by atoms with Crippen molar-refractivity contribution in [3.63, 3.8) is 0 Å². The number of nitrogens with one attached hydrogen (secondary N) is 1. The molecular formula is C41H59NO5Sn. The Labute approximate surface area is 295 Å². The average molecular weight is 766 g/mol. The van der Waals surface area contributed by atoms with Crippen molar-refractivity contribution in [1.82, 2.24) is 5.31 Å². The van der Waals surface area contributed by atoms with E-state index in [1.807, 2.05) is 54.6 Å². The zero-order valence-corrected chi connectivity index (χ0v) is 32.6. The van der Waals surface area contributed by atoms with Crippen LogP contribution >= 0.6 is 0 Å². The van der Waals surface area contributed by atoms with Crippen LogP contribution in [0.3, 0.4) is 0 Å². The van der Waals surface area contributed by atoms with E-state index in [2.05, 4.69) is 57.2 Å². The van der Waals surface area contributed by atoms with E-state index in [1.54, 1.807) is 0 Å². The van der Waals surface area contributed by atoms with E-state index in [9.17, 15) is 6.21 Å². The Morgan fingerprint density at radius 1 is 0.708 bits per heavy atom. The van der Waals surface area contributed by atoms with Gasteiger partial charge in [0.05, 0.1) is 0 Å². The van der Waals surface area contributed by atoms with Gasteiger partial charge in [-0.1, -0.05) is 0 Å². The van der Waals surface area contributed by atoms with Crippen molar-refractivity contribution in [3.05, 3.63) is 108 Å². The quantitative estimate of drug-likeness (QED) is 0.110. The minimum atomic E-state index is -3.31. The van der Waals surface area contributed by atoms with Crippen LogP contribution in [0.5, 0.6) is 0 Å². The topological polar surface area (TPSA) is 66.0 Å². The van der Waals surface area contributed by atoms with E-state index in [1.165, 1.54) is 25.5 Å². The van der Waals surface area contributed by atoms with E-state index in [-0.39, 0.29) is 10.0 Å². The average Bonchev–Trinajstić information content (AvgIpc) is 3.14. The van der Waals surface area contributed by atoms with Gasteiger partial charge in [0.2, 0.25) is 0 Å². The van der Waals surface area contributed by atoms with Crippen LogP contribution in [0, 0.1) is 0 Å². The minimum absolute atomic E-state index is 0.219. The van der Waals surface area contributed by atoms with Crippen LogP contribution in [0.25, 0.3) is 0 Å². The van der Waals surface area contributed by atoms with E-state index in [0.717, 1.165) is 55.2 Å². The van der Waals surface area contributed by atoms with Gasteiger partial charge < -0.3 is 0 Å². The van der Waals surface area contributed by atoms with Crippen molar-refractivity contribution >= 4 is 24.3 Å². The number of unbranched alkanes of at least 4 members (excludes halogenated alkanes) is 3. The molecule has 262 valence electrons. The maximum absolute atomic E-state index is 13.3. The molecule has 3 aromatic carbocycles. The Morgan fingerprint density at radius 2 is 1.15 bits per heavy atom. The number of ether oxygens (including phenoxy) is 4.